The number of amides is 1. The molecule has 30 heavy (non-hydrogen) atoms. The third-order valence-electron chi connectivity index (χ3n) is 4.53. The van der Waals surface area contributed by atoms with Crippen molar-refractivity contribution in [2.45, 2.75) is 24.9 Å². The topological polar surface area (TPSA) is 116 Å². The molecule has 0 aromatic heterocycles. The molecule has 0 spiro atoms. The molecule has 7 nitrogen and oxygen atoms in total. The molecule has 0 aliphatic heterocycles. The van der Waals surface area contributed by atoms with Crippen LogP contribution in [0.3, 0.4) is 0 Å². The quantitative estimate of drug-likeness (QED) is 0.265. The minimum Gasteiger partial charge on any atom is -0.481 e. The maximum atomic E-state index is 13.0. The number of carbonyl (C=O) groups is 3. The van der Waals surface area contributed by atoms with E-state index in [0.717, 1.165) is 5.56 Å². The molecule has 2 rings (SSSR count). The van der Waals surface area contributed by atoms with Gasteiger partial charge in [0.15, 0.2) is 0 Å². The Morgan fingerprint density at radius 2 is 1.67 bits per heavy atom. The highest BCUT2D eigenvalue weighted by atomic mass is 35.5. The lowest BCUT2D eigenvalue weighted by atomic mass is 9.97. The molecule has 0 saturated heterocycles. The van der Waals surface area contributed by atoms with Gasteiger partial charge in [-0.25, -0.2) is 4.79 Å². The Morgan fingerprint density at radius 3 is 2.20 bits per heavy atom. The molecule has 0 bridgehead atoms. The highest BCUT2D eigenvalue weighted by Gasteiger charge is 2.41. The van der Waals surface area contributed by atoms with Gasteiger partial charge in [-0.3, -0.25) is 9.59 Å². The van der Waals surface area contributed by atoms with E-state index < -0.39 is 35.8 Å². The molecule has 4 N–H and O–H groups in total. The van der Waals surface area contributed by atoms with Crippen molar-refractivity contribution in [1.82, 2.24) is 5.32 Å². The van der Waals surface area contributed by atoms with Crippen molar-refractivity contribution in [1.29, 1.82) is 0 Å². The number of carbonyl (C=O) groups excluding carboxylic acids is 1. The molecule has 1 amide bonds. The fourth-order valence-corrected chi connectivity index (χ4v) is 3.32. The van der Waals surface area contributed by atoms with Gasteiger partial charge < -0.3 is 20.8 Å². The number of aliphatic carboxylic acids is 2. The zero-order valence-electron chi connectivity index (χ0n) is 16.0. The first-order valence-corrected chi connectivity index (χ1v) is 10.2. The van der Waals surface area contributed by atoms with E-state index in [4.69, 9.17) is 16.7 Å². The Morgan fingerprint density at radius 1 is 1.03 bits per heavy atom. The second-order valence-electron chi connectivity index (χ2n) is 6.79. The fraction of sp³-hybridized carbons (Fsp3) is 0.286. The zero-order chi connectivity index (χ0) is 22.1. The molecule has 2 aromatic rings. The molecular weight excluding hydrogens is 428 g/mol. The van der Waals surface area contributed by atoms with Crippen molar-refractivity contribution < 1.29 is 24.6 Å². The summed E-state index contributed by atoms with van der Waals surface area (Å²) in [5.74, 6) is -3.53. The van der Waals surface area contributed by atoms with E-state index in [1.54, 1.807) is 24.3 Å². The first-order valence-electron chi connectivity index (χ1n) is 9.21. The Hall–Kier alpha value is -2.71. The average Bonchev–Trinajstić information content (AvgIpc) is 2.72. The van der Waals surface area contributed by atoms with Crippen LogP contribution in [0.2, 0.25) is 5.02 Å². The standard InChI is InChI=1S/C21H23ClN2O5S/c22-16-6-8-17(9-7-16)23-21(20(28)29,11-10-18(25)26)24-19(27)15(13-30)12-14-4-2-1-3-5-14/h1-9,15,23,30H,10-13H2,(H,24,27)(H,25,26)(H,28,29)/t15?,21-/m0/s1. The normalized spacial score (nSPS) is 13.7. The van der Waals surface area contributed by atoms with Crippen LogP contribution in [0.15, 0.2) is 54.6 Å². The number of anilines is 1. The largest absolute Gasteiger partial charge is 0.481 e. The van der Waals surface area contributed by atoms with Gasteiger partial charge in [0, 0.05) is 29.3 Å². The molecule has 0 fully saturated rings. The number of carboxylic acids is 2. The number of carboxylic acid groups (broad SMARTS) is 2. The van der Waals surface area contributed by atoms with Gasteiger partial charge in [0.2, 0.25) is 11.6 Å². The number of nitrogens with one attached hydrogen (secondary N) is 2. The number of rotatable bonds is 11. The fourth-order valence-electron chi connectivity index (χ4n) is 2.90. The second-order valence-corrected chi connectivity index (χ2v) is 7.60. The van der Waals surface area contributed by atoms with Gasteiger partial charge in [-0.05, 0) is 36.2 Å². The SMILES string of the molecule is O=C(O)CC[C@@](NC(=O)C(CS)Cc1ccccc1)(Nc1ccc(Cl)cc1)C(=O)O. The van der Waals surface area contributed by atoms with Crippen LogP contribution in [0.25, 0.3) is 0 Å². The number of halogens is 1. The second kappa shape index (κ2) is 10.9. The lowest BCUT2D eigenvalue weighted by molar-refractivity contribution is -0.148. The van der Waals surface area contributed by atoms with E-state index in [9.17, 15) is 19.5 Å². The Balaban J connectivity index is 2.28. The molecule has 1 unspecified atom stereocenters. The Kier molecular flexibility index (Phi) is 8.56. The first-order chi connectivity index (χ1) is 14.3. The number of thiol groups is 1. The first kappa shape index (κ1) is 23.6. The molecule has 160 valence electrons. The van der Waals surface area contributed by atoms with Crippen molar-refractivity contribution in [3.8, 4) is 0 Å². The van der Waals surface area contributed by atoms with Crippen LogP contribution in [0.5, 0.6) is 0 Å². The van der Waals surface area contributed by atoms with Gasteiger partial charge in [0.1, 0.15) is 0 Å². The van der Waals surface area contributed by atoms with E-state index in [0.29, 0.717) is 17.1 Å². The van der Waals surface area contributed by atoms with Crippen molar-refractivity contribution >= 4 is 47.8 Å². The molecule has 9 heteroatoms. The van der Waals surface area contributed by atoms with Crippen LogP contribution >= 0.6 is 24.2 Å². The molecular formula is C21H23ClN2O5S. The summed E-state index contributed by atoms with van der Waals surface area (Å²) in [5, 5.41) is 24.8. The van der Waals surface area contributed by atoms with Crippen LogP contribution in [0, 0.1) is 5.92 Å². The summed E-state index contributed by atoms with van der Waals surface area (Å²) in [7, 11) is 0. The van der Waals surface area contributed by atoms with Gasteiger partial charge in [-0.1, -0.05) is 41.9 Å². The lowest BCUT2D eigenvalue weighted by Crippen LogP contribution is -2.61. The summed E-state index contributed by atoms with van der Waals surface area (Å²) in [6.07, 6.45) is -0.459. The van der Waals surface area contributed by atoms with Gasteiger partial charge in [0.25, 0.3) is 0 Å². The minimum absolute atomic E-state index is 0.191. The van der Waals surface area contributed by atoms with Gasteiger partial charge in [-0.15, -0.1) is 0 Å². The van der Waals surface area contributed by atoms with Crippen molar-refractivity contribution in [3.05, 3.63) is 65.2 Å². The van der Waals surface area contributed by atoms with Gasteiger partial charge >= 0.3 is 11.9 Å². The molecule has 2 atom stereocenters. The van der Waals surface area contributed by atoms with Crippen LogP contribution in [-0.2, 0) is 20.8 Å². The summed E-state index contributed by atoms with van der Waals surface area (Å²) >= 11 is 10.1. The molecule has 0 aliphatic rings. The summed E-state index contributed by atoms with van der Waals surface area (Å²) < 4.78 is 0. The zero-order valence-corrected chi connectivity index (χ0v) is 17.7. The third-order valence-corrected chi connectivity index (χ3v) is 5.23. The third kappa shape index (κ3) is 6.67. The molecule has 0 aliphatic carbocycles. The predicted octanol–water partition coefficient (Wildman–Crippen LogP) is 3.30. The van der Waals surface area contributed by atoms with Crippen molar-refractivity contribution in [3.63, 3.8) is 0 Å². The smallest absolute Gasteiger partial charge is 0.350 e. The number of hydrogen-bond donors (Lipinski definition) is 5. The molecule has 2 aromatic carbocycles. The number of benzene rings is 2. The molecule has 0 heterocycles. The van der Waals surface area contributed by atoms with Gasteiger partial charge in [0.05, 0.1) is 5.92 Å². The van der Waals surface area contributed by atoms with E-state index in [1.807, 2.05) is 30.3 Å². The van der Waals surface area contributed by atoms with E-state index >= 15 is 0 Å². The van der Waals surface area contributed by atoms with Crippen molar-refractivity contribution in [2.75, 3.05) is 11.1 Å². The summed E-state index contributed by atoms with van der Waals surface area (Å²) in [5.41, 5.74) is -0.733. The van der Waals surface area contributed by atoms with E-state index in [1.165, 1.54) is 0 Å². The summed E-state index contributed by atoms with van der Waals surface area (Å²) in [4.78, 5) is 36.3. The van der Waals surface area contributed by atoms with Crippen LogP contribution in [0.4, 0.5) is 5.69 Å². The monoisotopic (exact) mass is 450 g/mol. The molecule has 0 radical (unpaired) electrons. The van der Waals surface area contributed by atoms with Crippen LogP contribution in [-0.4, -0.2) is 39.5 Å². The van der Waals surface area contributed by atoms with E-state index in [2.05, 4.69) is 23.3 Å². The van der Waals surface area contributed by atoms with E-state index in [-0.39, 0.29) is 12.2 Å². The molecule has 0 saturated carbocycles. The maximum Gasteiger partial charge on any atom is 0.350 e. The average molecular weight is 451 g/mol. The Bertz CT molecular complexity index is 879. The minimum atomic E-state index is -2.01. The van der Waals surface area contributed by atoms with Gasteiger partial charge in [-0.2, -0.15) is 12.6 Å². The lowest BCUT2D eigenvalue weighted by Gasteiger charge is -2.33. The highest BCUT2D eigenvalue weighted by Crippen LogP contribution is 2.22. The Labute approximate surface area is 184 Å². The van der Waals surface area contributed by atoms with Crippen molar-refractivity contribution in [2.24, 2.45) is 5.92 Å². The highest BCUT2D eigenvalue weighted by molar-refractivity contribution is 7.80. The summed E-state index contributed by atoms with van der Waals surface area (Å²) in [6, 6.07) is 15.5. The predicted molar refractivity (Wildman–Crippen MR) is 118 cm³/mol. The van der Waals surface area contributed by atoms with Crippen LogP contribution < -0.4 is 10.6 Å². The van der Waals surface area contributed by atoms with Crippen LogP contribution in [0.1, 0.15) is 18.4 Å². The maximum absolute atomic E-state index is 13.0. The number of hydrogen-bond acceptors (Lipinski definition) is 5. The summed E-state index contributed by atoms with van der Waals surface area (Å²) in [6.45, 7) is 0.